The molecule has 0 bridgehead atoms. The van der Waals surface area contributed by atoms with E-state index in [0.717, 1.165) is 48.8 Å². The highest BCUT2D eigenvalue weighted by atomic mass is 19.2. The fraction of sp³-hybridized carbons (Fsp3) is 0.429. The molecule has 28 heavy (non-hydrogen) atoms. The van der Waals surface area contributed by atoms with E-state index < -0.39 is 11.6 Å². The molecule has 1 atom stereocenters. The van der Waals surface area contributed by atoms with Gasteiger partial charge in [-0.1, -0.05) is 18.2 Å². The van der Waals surface area contributed by atoms with Crippen LogP contribution in [-0.2, 0) is 13.1 Å². The van der Waals surface area contributed by atoms with Gasteiger partial charge in [0.15, 0.2) is 23.1 Å². The van der Waals surface area contributed by atoms with Crippen LogP contribution in [0.25, 0.3) is 0 Å². The molecule has 2 aromatic carbocycles. The summed E-state index contributed by atoms with van der Waals surface area (Å²) in [6.45, 7) is 4.04. The zero-order valence-corrected chi connectivity index (χ0v) is 15.6. The monoisotopic (exact) mass is 390 g/mol. The lowest BCUT2D eigenvalue weighted by atomic mass is 10.1. The minimum atomic E-state index is -0.831. The Morgan fingerprint density at radius 3 is 2.75 bits per heavy atom. The second-order valence-corrected chi connectivity index (χ2v) is 7.27. The summed E-state index contributed by atoms with van der Waals surface area (Å²) in [6.07, 6.45) is 0.632. The van der Waals surface area contributed by atoms with Crippen molar-refractivity contribution in [2.24, 2.45) is 0 Å². The highest BCUT2D eigenvalue weighted by molar-refractivity contribution is 5.48. The summed E-state index contributed by atoms with van der Waals surface area (Å²) >= 11 is 0. The number of hydrogen-bond acceptors (Lipinski definition) is 5. The third-order valence-electron chi connectivity index (χ3n) is 5.39. The molecule has 0 aromatic heterocycles. The molecule has 7 heteroatoms. The molecule has 1 saturated heterocycles. The lowest BCUT2D eigenvalue weighted by Gasteiger charge is -2.41. The van der Waals surface area contributed by atoms with Gasteiger partial charge in [-0.25, -0.2) is 8.78 Å². The first-order chi connectivity index (χ1) is 13.6. The molecule has 2 aliphatic heterocycles. The summed E-state index contributed by atoms with van der Waals surface area (Å²) in [5, 5.41) is 9.49. The van der Waals surface area contributed by atoms with Gasteiger partial charge in [0.1, 0.15) is 0 Å². The van der Waals surface area contributed by atoms with Gasteiger partial charge in [-0.2, -0.15) is 0 Å². The van der Waals surface area contributed by atoms with Gasteiger partial charge in [0.25, 0.3) is 0 Å². The summed E-state index contributed by atoms with van der Waals surface area (Å²) in [5.41, 5.74) is 1.83. The van der Waals surface area contributed by atoms with E-state index in [4.69, 9.17) is 9.47 Å². The lowest BCUT2D eigenvalue weighted by Crippen LogP contribution is -2.52. The van der Waals surface area contributed by atoms with Gasteiger partial charge < -0.3 is 14.6 Å². The van der Waals surface area contributed by atoms with Crippen LogP contribution in [0.1, 0.15) is 17.5 Å². The molecule has 150 valence electrons. The van der Waals surface area contributed by atoms with E-state index in [2.05, 4.69) is 9.80 Å². The van der Waals surface area contributed by atoms with E-state index in [9.17, 15) is 13.9 Å². The number of rotatable bonds is 6. The van der Waals surface area contributed by atoms with Gasteiger partial charge in [-0.15, -0.1) is 0 Å². The largest absolute Gasteiger partial charge is 0.454 e. The Morgan fingerprint density at radius 2 is 1.93 bits per heavy atom. The summed E-state index contributed by atoms with van der Waals surface area (Å²) < 4.78 is 37.8. The molecule has 2 heterocycles. The fourth-order valence-corrected chi connectivity index (χ4v) is 3.96. The summed E-state index contributed by atoms with van der Waals surface area (Å²) in [6, 6.07) is 10.1. The molecule has 0 saturated carbocycles. The number of ether oxygens (including phenoxy) is 2. The molecule has 0 aliphatic carbocycles. The number of aliphatic hydroxyl groups excluding tert-OH is 1. The topological polar surface area (TPSA) is 45.2 Å². The Bertz CT molecular complexity index is 833. The predicted octanol–water partition coefficient (Wildman–Crippen LogP) is 2.76. The van der Waals surface area contributed by atoms with Gasteiger partial charge in [-0.05, 0) is 30.2 Å². The molecular formula is C21H24F2N2O3. The van der Waals surface area contributed by atoms with Crippen molar-refractivity contribution in [2.75, 3.05) is 33.0 Å². The third kappa shape index (κ3) is 4.11. The second kappa shape index (κ2) is 8.43. The maximum Gasteiger partial charge on any atom is 0.231 e. The number of para-hydroxylation sites is 1. The molecule has 0 spiro atoms. The van der Waals surface area contributed by atoms with Crippen LogP contribution in [0.4, 0.5) is 8.78 Å². The maximum atomic E-state index is 13.5. The highest BCUT2D eigenvalue weighted by Gasteiger charge is 2.28. The number of aliphatic hydroxyl groups is 1. The number of nitrogens with zero attached hydrogens (tertiary/aromatic N) is 2. The molecule has 0 radical (unpaired) electrons. The smallest absolute Gasteiger partial charge is 0.231 e. The Morgan fingerprint density at radius 1 is 1.04 bits per heavy atom. The Kier molecular flexibility index (Phi) is 5.75. The highest BCUT2D eigenvalue weighted by Crippen LogP contribution is 2.36. The third-order valence-corrected chi connectivity index (χ3v) is 5.39. The van der Waals surface area contributed by atoms with Gasteiger partial charge in [0.2, 0.25) is 6.79 Å². The molecule has 5 nitrogen and oxygen atoms in total. The summed E-state index contributed by atoms with van der Waals surface area (Å²) in [5.74, 6) is -0.0659. The Hall–Kier alpha value is -2.22. The minimum Gasteiger partial charge on any atom is -0.454 e. The molecule has 0 amide bonds. The van der Waals surface area contributed by atoms with Crippen molar-refractivity contribution in [2.45, 2.75) is 25.6 Å². The Balaban J connectivity index is 1.43. The van der Waals surface area contributed by atoms with Crippen molar-refractivity contribution >= 4 is 0 Å². The molecule has 1 fully saturated rings. The molecule has 0 unspecified atom stereocenters. The van der Waals surface area contributed by atoms with Crippen molar-refractivity contribution in [3.63, 3.8) is 0 Å². The number of halogens is 2. The van der Waals surface area contributed by atoms with Crippen LogP contribution in [0.5, 0.6) is 11.5 Å². The number of piperazine rings is 1. The second-order valence-electron chi connectivity index (χ2n) is 7.27. The van der Waals surface area contributed by atoms with Crippen LogP contribution >= 0.6 is 0 Å². The van der Waals surface area contributed by atoms with Crippen LogP contribution < -0.4 is 9.47 Å². The average Bonchev–Trinajstić information content (AvgIpc) is 3.17. The number of fused-ring (bicyclic) bond motifs is 1. The van der Waals surface area contributed by atoms with Crippen LogP contribution in [0.2, 0.25) is 0 Å². The van der Waals surface area contributed by atoms with E-state index in [-0.39, 0.29) is 19.4 Å². The fourth-order valence-electron chi connectivity index (χ4n) is 3.96. The van der Waals surface area contributed by atoms with Gasteiger partial charge in [-0.3, -0.25) is 9.80 Å². The van der Waals surface area contributed by atoms with Crippen molar-refractivity contribution in [3.05, 3.63) is 59.2 Å². The van der Waals surface area contributed by atoms with E-state index >= 15 is 0 Å². The van der Waals surface area contributed by atoms with Crippen LogP contribution in [0.15, 0.2) is 36.4 Å². The van der Waals surface area contributed by atoms with Crippen molar-refractivity contribution < 1.29 is 23.4 Å². The normalized spacial score (nSPS) is 19.9. The zero-order chi connectivity index (χ0) is 19.5. The van der Waals surface area contributed by atoms with Gasteiger partial charge in [0, 0.05) is 50.9 Å². The molecule has 2 aromatic rings. The van der Waals surface area contributed by atoms with E-state index in [1.165, 1.54) is 12.1 Å². The van der Waals surface area contributed by atoms with Gasteiger partial charge >= 0.3 is 0 Å². The van der Waals surface area contributed by atoms with Crippen molar-refractivity contribution in [1.29, 1.82) is 0 Å². The lowest BCUT2D eigenvalue weighted by molar-refractivity contribution is 0.0494. The zero-order valence-electron chi connectivity index (χ0n) is 15.6. The van der Waals surface area contributed by atoms with Crippen molar-refractivity contribution in [3.8, 4) is 11.5 Å². The maximum absolute atomic E-state index is 13.5. The molecule has 2 aliphatic rings. The minimum absolute atomic E-state index is 0.0878. The van der Waals surface area contributed by atoms with E-state index in [1.807, 2.05) is 18.2 Å². The van der Waals surface area contributed by atoms with Crippen LogP contribution in [-0.4, -0.2) is 54.0 Å². The first kappa shape index (κ1) is 19.1. The SMILES string of the molecule is OCC[C@H]1CN(Cc2cccc3c2OCO3)CCN1Cc1ccc(F)c(F)c1. The molecule has 1 N–H and O–H groups in total. The quantitative estimate of drug-likeness (QED) is 0.822. The summed E-state index contributed by atoms with van der Waals surface area (Å²) in [4.78, 5) is 4.56. The molecule has 4 rings (SSSR count). The first-order valence-corrected chi connectivity index (χ1v) is 9.52. The van der Waals surface area contributed by atoms with Crippen LogP contribution in [0.3, 0.4) is 0 Å². The Labute approximate surface area is 163 Å². The summed E-state index contributed by atoms with van der Waals surface area (Å²) in [7, 11) is 0. The molecular weight excluding hydrogens is 366 g/mol. The van der Waals surface area contributed by atoms with E-state index in [0.29, 0.717) is 13.0 Å². The van der Waals surface area contributed by atoms with E-state index in [1.54, 1.807) is 6.07 Å². The van der Waals surface area contributed by atoms with Gasteiger partial charge in [0.05, 0.1) is 0 Å². The van der Waals surface area contributed by atoms with Crippen LogP contribution in [0, 0.1) is 11.6 Å². The average molecular weight is 390 g/mol. The predicted molar refractivity (Wildman–Crippen MR) is 100 cm³/mol. The number of benzene rings is 2. The number of hydrogen-bond donors (Lipinski definition) is 1. The van der Waals surface area contributed by atoms with Crippen molar-refractivity contribution in [1.82, 2.24) is 9.80 Å². The standard InChI is InChI=1S/C21H24F2N2O3/c22-18-5-4-15(10-19(18)23)11-25-8-7-24(13-17(25)6-9-26)12-16-2-1-3-20-21(16)28-14-27-20/h1-5,10,17,26H,6-9,11-14H2/t17-/m0/s1. The first-order valence-electron chi connectivity index (χ1n) is 9.52.